The Morgan fingerprint density at radius 1 is 1.02 bits per heavy atom. The van der Waals surface area contributed by atoms with Gasteiger partial charge in [-0.15, -0.1) is 0 Å². The summed E-state index contributed by atoms with van der Waals surface area (Å²) in [6.45, 7) is 5.92. The van der Waals surface area contributed by atoms with E-state index in [1.165, 1.54) is 11.3 Å². The summed E-state index contributed by atoms with van der Waals surface area (Å²) in [5.74, 6) is 1.14. The number of esters is 1. The molecule has 0 radical (unpaired) electrons. The Kier molecular flexibility index (Phi) is 8.68. The first-order valence-corrected chi connectivity index (χ1v) is 14.2. The lowest BCUT2D eigenvalue weighted by Crippen LogP contribution is -2.40. The molecule has 0 amide bonds. The predicted octanol–water partition coefficient (Wildman–Crippen LogP) is 4.52. The van der Waals surface area contributed by atoms with Crippen molar-refractivity contribution in [1.82, 2.24) is 4.57 Å². The molecule has 1 aliphatic heterocycles. The van der Waals surface area contributed by atoms with Gasteiger partial charge in [0.25, 0.3) is 5.56 Å². The fraction of sp³-hybridized carbons (Fsp3) is 0.182. The molecule has 0 aliphatic carbocycles. The van der Waals surface area contributed by atoms with Crippen molar-refractivity contribution in [1.29, 1.82) is 0 Å². The topological polar surface area (TPSA) is 88.4 Å². The van der Waals surface area contributed by atoms with E-state index in [0.717, 1.165) is 5.56 Å². The SMILES string of the molecule is C=CCOc1c(/C=c2\sc3n(c2=O)[C@@H](c2ccc(OC)cc2)C(C(=O)OCC)=C(c2ccccc2)N=3)cccc1OC. The highest BCUT2D eigenvalue weighted by Crippen LogP contribution is 2.36. The summed E-state index contributed by atoms with van der Waals surface area (Å²) in [6, 6.07) is 21.4. The maximum absolute atomic E-state index is 14.2. The Morgan fingerprint density at radius 3 is 2.45 bits per heavy atom. The largest absolute Gasteiger partial charge is 0.497 e. The molecule has 8 nitrogen and oxygen atoms in total. The van der Waals surface area contributed by atoms with Crippen LogP contribution in [0.2, 0.25) is 0 Å². The molecule has 1 aromatic heterocycles. The van der Waals surface area contributed by atoms with Gasteiger partial charge >= 0.3 is 5.97 Å². The predicted molar refractivity (Wildman–Crippen MR) is 163 cm³/mol. The number of benzene rings is 3. The number of carbonyl (C=O) groups excluding carboxylic acids is 1. The quantitative estimate of drug-likeness (QED) is 0.202. The summed E-state index contributed by atoms with van der Waals surface area (Å²) >= 11 is 1.24. The van der Waals surface area contributed by atoms with Crippen molar-refractivity contribution < 1.29 is 23.7 Å². The maximum atomic E-state index is 14.2. The van der Waals surface area contributed by atoms with Crippen molar-refractivity contribution in [3.8, 4) is 17.2 Å². The normalized spacial score (nSPS) is 14.5. The van der Waals surface area contributed by atoms with Crippen molar-refractivity contribution in [2.24, 2.45) is 4.99 Å². The van der Waals surface area contributed by atoms with E-state index in [9.17, 15) is 9.59 Å². The maximum Gasteiger partial charge on any atom is 0.338 e. The molecule has 0 fully saturated rings. The third-order valence-electron chi connectivity index (χ3n) is 6.67. The number of fused-ring (bicyclic) bond motifs is 1. The molecule has 0 bridgehead atoms. The molecular formula is C33H30N2O6S. The minimum atomic E-state index is -0.787. The number of para-hydroxylation sites is 1. The molecule has 2 heterocycles. The Hall–Kier alpha value is -4.89. The fourth-order valence-corrected chi connectivity index (χ4v) is 5.78. The third-order valence-corrected chi connectivity index (χ3v) is 7.65. The van der Waals surface area contributed by atoms with E-state index in [1.54, 1.807) is 56.1 Å². The molecular weight excluding hydrogens is 552 g/mol. The molecule has 4 aromatic rings. The van der Waals surface area contributed by atoms with Gasteiger partial charge in [0.1, 0.15) is 12.4 Å². The number of hydrogen-bond donors (Lipinski definition) is 0. The standard InChI is InChI=1S/C33H30N2O6S/c1-5-19-41-30-23(13-10-14-25(30)39-4)20-26-31(36)35-29(22-15-17-24(38-3)18-16-22)27(32(37)40-6-2)28(34-33(35)42-26)21-11-8-7-9-12-21/h5,7-18,20,29H,1,6,19H2,2-4H3/b26-20-/t29-/m0/s1. The van der Waals surface area contributed by atoms with E-state index in [-0.39, 0.29) is 24.3 Å². The molecule has 1 aliphatic rings. The minimum absolute atomic E-state index is 0.174. The first kappa shape index (κ1) is 28.6. The molecule has 3 aromatic carbocycles. The molecule has 5 rings (SSSR count). The number of ether oxygens (including phenoxy) is 4. The number of hydrogen-bond acceptors (Lipinski definition) is 8. The van der Waals surface area contributed by atoms with E-state index in [2.05, 4.69) is 6.58 Å². The number of rotatable bonds is 10. The van der Waals surface area contributed by atoms with Crippen LogP contribution in [0.25, 0.3) is 11.8 Å². The first-order valence-electron chi connectivity index (χ1n) is 13.3. The van der Waals surface area contributed by atoms with Crippen molar-refractivity contribution >= 4 is 29.1 Å². The second-order valence-corrected chi connectivity index (χ2v) is 10.2. The van der Waals surface area contributed by atoms with Crippen LogP contribution in [0.4, 0.5) is 0 Å². The van der Waals surface area contributed by atoms with Gasteiger partial charge in [-0.3, -0.25) is 9.36 Å². The van der Waals surface area contributed by atoms with E-state index in [4.69, 9.17) is 23.9 Å². The van der Waals surface area contributed by atoms with Crippen LogP contribution < -0.4 is 29.1 Å². The highest BCUT2D eigenvalue weighted by Gasteiger charge is 2.35. The first-order chi connectivity index (χ1) is 20.5. The highest BCUT2D eigenvalue weighted by atomic mass is 32.1. The number of thiazole rings is 1. The van der Waals surface area contributed by atoms with Crippen LogP contribution in [0.15, 0.2) is 101 Å². The Bertz CT molecular complexity index is 1820. The molecule has 0 saturated heterocycles. The van der Waals surface area contributed by atoms with Gasteiger partial charge in [-0.2, -0.15) is 0 Å². The van der Waals surface area contributed by atoms with Gasteiger partial charge in [0.05, 0.1) is 42.7 Å². The molecule has 42 heavy (non-hydrogen) atoms. The molecule has 0 N–H and O–H groups in total. The number of methoxy groups -OCH3 is 2. The van der Waals surface area contributed by atoms with E-state index in [1.807, 2.05) is 54.6 Å². The summed E-state index contributed by atoms with van der Waals surface area (Å²) in [7, 11) is 3.14. The van der Waals surface area contributed by atoms with Gasteiger partial charge in [-0.05, 0) is 36.8 Å². The van der Waals surface area contributed by atoms with Crippen molar-refractivity contribution in [3.05, 3.63) is 127 Å². The van der Waals surface area contributed by atoms with Crippen LogP contribution >= 0.6 is 11.3 Å². The van der Waals surface area contributed by atoms with Crippen molar-refractivity contribution in [2.75, 3.05) is 27.4 Å². The lowest BCUT2D eigenvalue weighted by molar-refractivity contribution is -0.138. The molecule has 214 valence electrons. The summed E-state index contributed by atoms with van der Waals surface area (Å²) in [4.78, 5) is 33.1. The zero-order chi connectivity index (χ0) is 29.6. The van der Waals surface area contributed by atoms with Gasteiger partial charge in [0, 0.05) is 11.1 Å². The lowest BCUT2D eigenvalue weighted by atomic mass is 9.93. The average molecular weight is 583 g/mol. The van der Waals surface area contributed by atoms with Gasteiger partial charge < -0.3 is 18.9 Å². The monoisotopic (exact) mass is 582 g/mol. The van der Waals surface area contributed by atoms with Crippen molar-refractivity contribution in [3.63, 3.8) is 0 Å². The Morgan fingerprint density at radius 2 is 1.79 bits per heavy atom. The summed E-state index contributed by atoms with van der Waals surface area (Å²) in [5, 5.41) is 0. The Labute approximate surface area is 247 Å². The average Bonchev–Trinajstić information content (AvgIpc) is 3.34. The van der Waals surface area contributed by atoms with E-state index < -0.39 is 12.0 Å². The zero-order valence-electron chi connectivity index (χ0n) is 23.5. The Balaban J connectivity index is 1.80. The van der Waals surface area contributed by atoms with Crippen LogP contribution in [0, 0.1) is 0 Å². The van der Waals surface area contributed by atoms with Crippen molar-refractivity contribution in [2.45, 2.75) is 13.0 Å². The molecule has 0 unspecified atom stereocenters. The van der Waals surface area contributed by atoms with Gasteiger partial charge in [0.15, 0.2) is 16.3 Å². The van der Waals surface area contributed by atoms with Crippen LogP contribution in [0.3, 0.4) is 0 Å². The minimum Gasteiger partial charge on any atom is -0.497 e. The zero-order valence-corrected chi connectivity index (χ0v) is 24.4. The van der Waals surface area contributed by atoms with Crippen LogP contribution in [-0.4, -0.2) is 38.0 Å². The van der Waals surface area contributed by atoms with Crippen LogP contribution in [0.5, 0.6) is 17.2 Å². The van der Waals surface area contributed by atoms with Gasteiger partial charge in [-0.1, -0.05) is 78.6 Å². The summed E-state index contributed by atoms with van der Waals surface area (Å²) in [6.07, 6.45) is 3.40. The summed E-state index contributed by atoms with van der Waals surface area (Å²) in [5.41, 5.74) is 2.56. The molecule has 0 spiro atoms. The number of carbonyl (C=O) groups is 1. The van der Waals surface area contributed by atoms with Crippen LogP contribution in [0.1, 0.15) is 29.7 Å². The molecule has 1 atom stereocenters. The third kappa shape index (κ3) is 5.51. The van der Waals surface area contributed by atoms with Gasteiger partial charge in [-0.25, -0.2) is 9.79 Å². The summed E-state index contributed by atoms with van der Waals surface area (Å²) < 4.78 is 24.3. The lowest BCUT2D eigenvalue weighted by Gasteiger charge is -2.26. The fourth-order valence-electron chi connectivity index (χ4n) is 4.79. The second-order valence-electron chi connectivity index (χ2n) is 9.18. The highest BCUT2D eigenvalue weighted by molar-refractivity contribution is 7.07. The van der Waals surface area contributed by atoms with E-state index >= 15 is 0 Å². The van der Waals surface area contributed by atoms with Gasteiger partial charge in [0.2, 0.25) is 0 Å². The molecule has 9 heteroatoms. The molecule has 0 saturated carbocycles. The van der Waals surface area contributed by atoms with E-state index in [0.29, 0.717) is 43.4 Å². The number of nitrogens with zero attached hydrogens (tertiary/aromatic N) is 2. The smallest absolute Gasteiger partial charge is 0.338 e. The van der Waals surface area contributed by atoms with Crippen LogP contribution in [-0.2, 0) is 9.53 Å². The number of aromatic nitrogens is 1. The second kappa shape index (κ2) is 12.7.